The maximum atomic E-state index is 12.4. The summed E-state index contributed by atoms with van der Waals surface area (Å²) >= 11 is 0. The molecule has 0 saturated heterocycles. The Bertz CT molecular complexity index is 613. The van der Waals surface area contributed by atoms with Gasteiger partial charge in [0.25, 0.3) is 0 Å². The van der Waals surface area contributed by atoms with Crippen LogP contribution >= 0.6 is 0 Å². The summed E-state index contributed by atoms with van der Waals surface area (Å²) in [4.78, 5) is 21.2. The fourth-order valence-electron chi connectivity index (χ4n) is 2.42. The number of aromatic amines is 1. The molecule has 0 saturated carbocycles. The van der Waals surface area contributed by atoms with E-state index < -0.39 is 0 Å². The topological polar surface area (TPSA) is 95.2 Å². The van der Waals surface area contributed by atoms with Gasteiger partial charge in [0.15, 0.2) is 0 Å². The number of amides is 1. The van der Waals surface area contributed by atoms with E-state index in [0.717, 1.165) is 28.5 Å². The van der Waals surface area contributed by atoms with Crippen molar-refractivity contribution < 1.29 is 14.4 Å². The van der Waals surface area contributed by atoms with Gasteiger partial charge in [-0.15, -0.1) is 0 Å². The third kappa shape index (κ3) is 3.94. The van der Waals surface area contributed by atoms with Gasteiger partial charge >= 0.3 is 0 Å². The number of carbonyl (C=O) groups excluding carboxylic acids is 1. The minimum atomic E-state index is -0.0653. The van der Waals surface area contributed by atoms with Crippen LogP contribution in [0, 0.1) is 20.8 Å². The quantitative estimate of drug-likeness (QED) is 0.803. The molecule has 7 heteroatoms. The van der Waals surface area contributed by atoms with E-state index in [1.165, 1.54) is 0 Å². The molecule has 1 amide bonds. The lowest BCUT2D eigenvalue weighted by molar-refractivity contribution is -0.132. The highest BCUT2D eigenvalue weighted by molar-refractivity contribution is 5.76. The number of nitrogens with zero attached hydrogens (tertiary/aromatic N) is 3. The van der Waals surface area contributed by atoms with Gasteiger partial charge in [-0.25, -0.2) is 4.98 Å². The number of H-pyrrole nitrogens is 1. The second-order valence-corrected chi connectivity index (χ2v) is 5.34. The number of hydrogen-bond donors (Lipinski definition) is 2. The summed E-state index contributed by atoms with van der Waals surface area (Å²) in [6.45, 7) is 6.23. The standard InChI is InChI=1S/C15H22N4O3/c1-10-14(11(2)22-18-10)4-5-15(21)19(6-7-20)9-13-8-16-12(3)17-13/h8,20H,4-7,9H2,1-3H3,(H,16,17). The van der Waals surface area contributed by atoms with Crippen molar-refractivity contribution in [3.8, 4) is 0 Å². The number of aryl methyl sites for hydroxylation is 3. The molecule has 0 spiro atoms. The number of aliphatic hydroxyl groups excluding tert-OH is 1. The first-order valence-electron chi connectivity index (χ1n) is 7.32. The maximum Gasteiger partial charge on any atom is 0.223 e. The van der Waals surface area contributed by atoms with Crippen molar-refractivity contribution in [3.05, 3.63) is 34.7 Å². The van der Waals surface area contributed by atoms with E-state index in [1.54, 1.807) is 11.1 Å². The molecule has 0 radical (unpaired) electrons. The number of imidazole rings is 1. The summed E-state index contributed by atoms with van der Waals surface area (Å²) < 4.78 is 5.11. The van der Waals surface area contributed by atoms with Crippen LogP contribution in [0.15, 0.2) is 10.7 Å². The van der Waals surface area contributed by atoms with E-state index in [-0.39, 0.29) is 12.5 Å². The summed E-state index contributed by atoms with van der Waals surface area (Å²) in [7, 11) is 0. The van der Waals surface area contributed by atoms with Gasteiger partial charge in [-0.2, -0.15) is 0 Å². The minimum absolute atomic E-state index is 0.0127. The lowest BCUT2D eigenvalue weighted by atomic mass is 10.1. The molecule has 120 valence electrons. The second kappa shape index (κ2) is 7.22. The molecule has 2 rings (SSSR count). The van der Waals surface area contributed by atoms with Crippen molar-refractivity contribution in [1.29, 1.82) is 0 Å². The summed E-state index contributed by atoms with van der Waals surface area (Å²) in [6, 6.07) is 0. The fraction of sp³-hybridized carbons (Fsp3) is 0.533. The first kappa shape index (κ1) is 16.2. The van der Waals surface area contributed by atoms with E-state index in [4.69, 9.17) is 9.63 Å². The molecule has 0 bridgehead atoms. The number of aliphatic hydroxyl groups is 1. The number of nitrogens with one attached hydrogen (secondary N) is 1. The summed E-state index contributed by atoms with van der Waals surface area (Å²) in [5.41, 5.74) is 2.66. The van der Waals surface area contributed by atoms with Gasteiger partial charge in [-0.3, -0.25) is 4.79 Å². The van der Waals surface area contributed by atoms with Crippen molar-refractivity contribution in [3.63, 3.8) is 0 Å². The maximum absolute atomic E-state index is 12.4. The zero-order chi connectivity index (χ0) is 16.1. The minimum Gasteiger partial charge on any atom is -0.395 e. The highest BCUT2D eigenvalue weighted by atomic mass is 16.5. The Balaban J connectivity index is 1.97. The monoisotopic (exact) mass is 306 g/mol. The molecule has 0 atom stereocenters. The van der Waals surface area contributed by atoms with Gasteiger partial charge < -0.3 is 19.5 Å². The van der Waals surface area contributed by atoms with Crippen LogP contribution in [-0.2, 0) is 17.8 Å². The molecule has 2 aromatic heterocycles. The van der Waals surface area contributed by atoms with Crippen molar-refractivity contribution >= 4 is 5.91 Å². The van der Waals surface area contributed by atoms with Gasteiger partial charge in [0.2, 0.25) is 5.91 Å². The van der Waals surface area contributed by atoms with Gasteiger partial charge in [0, 0.05) is 18.5 Å². The zero-order valence-electron chi connectivity index (χ0n) is 13.2. The predicted molar refractivity (Wildman–Crippen MR) is 80.1 cm³/mol. The van der Waals surface area contributed by atoms with E-state index in [2.05, 4.69) is 15.1 Å². The summed E-state index contributed by atoms with van der Waals surface area (Å²) in [5.74, 6) is 1.55. The molecule has 2 N–H and O–H groups in total. The Kier molecular flexibility index (Phi) is 5.32. The Morgan fingerprint density at radius 3 is 2.73 bits per heavy atom. The smallest absolute Gasteiger partial charge is 0.223 e. The van der Waals surface area contributed by atoms with Crippen LogP contribution in [0.5, 0.6) is 0 Å². The summed E-state index contributed by atoms with van der Waals surface area (Å²) in [6.07, 6.45) is 2.65. The molecule has 0 fully saturated rings. The fourth-order valence-corrected chi connectivity index (χ4v) is 2.42. The third-order valence-corrected chi connectivity index (χ3v) is 3.61. The van der Waals surface area contributed by atoms with Crippen LogP contribution in [0.3, 0.4) is 0 Å². The Morgan fingerprint density at radius 2 is 2.18 bits per heavy atom. The first-order valence-corrected chi connectivity index (χ1v) is 7.32. The normalized spacial score (nSPS) is 10.9. The molecule has 7 nitrogen and oxygen atoms in total. The largest absolute Gasteiger partial charge is 0.395 e. The molecule has 22 heavy (non-hydrogen) atoms. The van der Waals surface area contributed by atoms with Gasteiger partial charge in [0.05, 0.1) is 30.7 Å². The van der Waals surface area contributed by atoms with E-state index in [1.807, 2.05) is 20.8 Å². The molecule has 2 aromatic rings. The Labute approximate surface area is 129 Å². The Morgan fingerprint density at radius 1 is 1.41 bits per heavy atom. The molecule has 0 aliphatic heterocycles. The van der Waals surface area contributed by atoms with Crippen LogP contribution in [0.4, 0.5) is 0 Å². The molecule has 0 aliphatic carbocycles. The lowest BCUT2D eigenvalue weighted by Gasteiger charge is -2.21. The van der Waals surface area contributed by atoms with Crippen molar-refractivity contribution in [2.45, 2.75) is 40.2 Å². The van der Waals surface area contributed by atoms with Gasteiger partial charge in [-0.05, 0) is 27.2 Å². The van der Waals surface area contributed by atoms with E-state index in [0.29, 0.717) is 25.9 Å². The zero-order valence-corrected chi connectivity index (χ0v) is 13.2. The van der Waals surface area contributed by atoms with Crippen molar-refractivity contribution in [1.82, 2.24) is 20.0 Å². The number of aromatic nitrogens is 3. The average Bonchev–Trinajstić information content (AvgIpc) is 3.03. The third-order valence-electron chi connectivity index (χ3n) is 3.61. The average molecular weight is 306 g/mol. The predicted octanol–water partition coefficient (Wildman–Crippen LogP) is 1.28. The highest BCUT2D eigenvalue weighted by Crippen LogP contribution is 2.15. The van der Waals surface area contributed by atoms with Crippen LogP contribution in [0.25, 0.3) is 0 Å². The number of rotatable bonds is 7. The SMILES string of the molecule is Cc1ncc(CN(CCO)C(=O)CCc2c(C)noc2C)[nH]1. The molecular weight excluding hydrogens is 284 g/mol. The van der Waals surface area contributed by atoms with E-state index in [9.17, 15) is 4.79 Å². The van der Waals surface area contributed by atoms with Gasteiger partial charge in [0.1, 0.15) is 11.6 Å². The van der Waals surface area contributed by atoms with E-state index >= 15 is 0 Å². The first-order chi connectivity index (χ1) is 10.5. The summed E-state index contributed by atoms with van der Waals surface area (Å²) in [5, 5.41) is 13.1. The second-order valence-electron chi connectivity index (χ2n) is 5.34. The van der Waals surface area contributed by atoms with Crippen LogP contribution in [0.2, 0.25) is 0 Å². The molecule has 0 aromatic carbocycles. The molecular formula is C15H22N4O3. The lowest BCUT2D eigenvalue weighted by Crippen LogP contribution is -2.33. The van der Waals surface area contributed by atoms with Gasteiger partial charge in [-0.1, -0.05) is 5.16 Å². The number of carbonyl (C=O) groups is 1. The van der Waals surface area contributed by atoms with Crippen molar-refractivity contribution in [2.75, 3.05) is 13.2 Å². The molecule has 2 heterocycles. The van der Waals surface area contributed by atoms with Crippen LogP contribution in [0.1, 0.15) is 35.0 Å². The molecule has 0 aliphatic rings. The van der Waals surface area contributed by atoms with Crippen LogP contribution < -0.4 is 0 Å². The number of hydrogen-bond acceptors (Lipinski definition) is 5. The van der Waals surface area contributed by atoms with Crippen LogP contribution in [-0.4, -0.2) is 44.2 Å². The Hall–Kier alpha value is -2.15. The highest BCUT2D eigenvalue weighted by Gasteiger charge is 2.17. The van der Waals surface area contributed by atoms with Crippen molar-refractivity contribution in [2.24, 2.45) is 0 Å². The molecule has 0 unspecified atom stereocenters.